The molecule has 0 fully saturated rings. The average molecular weight is 295 g/mol. The van der Waals surface area contributed by atoms with Gasteiger partial charge in [-0.3, -0.25) is 4.79 Å². The third-order valence-corrected chi connectivity index (χ3v) is 4.03. The summed E-state index contributed by atoms with van der Waals surface area (Å²) in [4.78, 5) is 13.7. The number of nitrogens with one attached hydrogen (secondary N) is 1. The summed E-state index contributed by atoms with van der Waals surface area (Å²) in [5.41, 5.74) is 1.13. The number of anilines is 1. The second-order valence-electron chi connectivity index (χ2n) is 4.52. The van der Waals surface area contributed by atoms with Gasteiger partial charge in [0.05, 0.1) is 10.6 Å². The molecule has 0 aliphatic heterocycles. The molecule has 20 heavy (non-hydrogen) atoms. The van der Waals surface area contributed by atoms with Crippen molar-refractivity contribution in [3.8, 4) is 0 Å². The predicted molar refractivity (Wildman–Crippen MR) is 77.4 cm³/mol. The van der Waals surface area contributed by atoms with E-state index in [-0.39, 0.29) is 11.6 Å². The molecule has 1 amide bonds. The van der Waals surface area contributed by atoms with Crippen molar-refractivity contribution in [1.29, 1.82) is 0 Å². The molecule has 2 rings (SSSR count). The van der Waals surface area contributed by atoms with Crippen molar-refractivity contribution < 1.29 is 13.6 Å². The highest BCUT2D eigenvalue weighted by Gasteiger charge is 2.14. The molecule has 2 aromatic rings. The summed E-state index contributed by atoms with van der Waals surface area (Å²) >= 11 is 1.38. The summed E-state index contributed by atoms with van der Waals surface area (Å²) in [6, 6.07) is 4.91. The van der Waals surface area contributed by atoms with Gasteiger partial charge in [0.1, 0.15) is 11.6 Å². The first-order valence-electron chi connectivity index (χ1n) is 6.37. The van der Waals surface area contributed by atoms with Gasteiger partial charge in [-0.05, 0) is 37.1 Å². The van der Waals surface area contributed by atoms with Crippen LogP contribution in [-0.4, -0.2) is 5.91 Å². The molecule has 1 heterocycles. The lowest BCUT2D eigenvalue weighted by Gasteiger charge is -2.04. The highest BCUT2D eigenvalue weighted by Crippen LogP contribution is 2.24. The summed E-state index contributed by atoms with van der Waals surface area (Å²) < 4.78 is 26.3. The molecule has 0 aliphatic carbocycles. The first-order chi connectivity index (χ1) is 9.51. The van der Waals surface area contributed by atoms with Crippen LogP contribution in [0.2, 0.25) is 0 Å². The van der Waals surface area contributed by atoms with Gasteiger partial charge < -0.3 is 5.32 Å². The van der Waals surface area contributed by atoms with Crippen molar-refractivity contribution in [2.75, 3.05) is 5.32 Å². The monoisotopic (exact) mass is 295 g/mol. The first kappa shape index (κ1) is 14.7. The van der Waals surface area contributed by atoms with Gasteiger partial charge in [0.2, 0.25) is 0 Å². The van der Waals surface area contributed by atoms with E-state index in [0.29, 0.717) is 4.88 Å². The number of hydrogen-bond acceptors (Lipinski definition) is 2. The van der Waals surface area contributed by atoms with Crippen molar-refractivity contribution in [2.45, 2.75) is 26.7 Å². The smallest absolute Gasteiger partial charge is 0.265 e. The van der Waals surface area contributed by atoms with Gasteiger partial charge in [-0.15, -0.1) is 11.3 Å². The van der Waals surface area contributed by atoms with E-state index >= 15 is 0 Å². The van der Waals surface area contributed by atoms with Gasteiger partial charge in [0.15, 0.2) is 0 Å². The third kappa shape index (κ3) is 3.22. The van der Waals surface area contributed by atoms with Crippen molar-refractivity contribution in [3.63, 3.8) is 0 Å². The van der Waals surface area contributed by atoms with Crippen LogP contribution >= 0.6 is 11.3 Å². The van der Waals surface area contributed by atoms with E-state index in [1.807, 2.05) is 13.0 Å². The Morgan fingerprint density at radius 3 is 2.70 bits per heavy atom. The lowest BCUT2D eigenvalue weighted by atomic mass is 10.1. The molecule has 0 spiro atoms. The van der Waals surface area contributed by atoms with Gasteiger partial charge in [0, 0.05) is 10.9 Å². The van der Waals surface area contributed by atoms with Gasteiger partial charge in [-0.1, -0.05) is 13.3 Å². The van der Waals surface area contributed by atoms with Crippen LogP contribution in [0.1, 0.15) is 33.5 Å². The van der Waals surface area contributed by atoms with Gasteiger partial charge in [-0.25, -0.2) is 8.78 Å². The Hall–Kier alpha value is -1.75. The molecule has 0 bridgehead atoms. The minimum Gasteiger partial charge on any atom is -0.319 e. The average Bonchev–Trinajstić information content (AvgIpc) is 2.75. The minimum atomic E-state index is -0.777. The number of carbonyl (C=O) groups excluding carboxylic acids is 1. The Kier molecular flexibility index (Phi) is 4.49. The molecule has 0 saturated carbocycles. The van der Waals surface area contributed by atoms with Crippen LogP contribution in [0.25, 0.3) is 0 Å². The van der Waals surface area contributed by atoms with E-state index in [2.05, 4.69) is 12.2 Å². The lowest BCUT2D eigenvalue weighted by Crippen LogP contribution is -2.11. The van der Waals surface area contributed by atoms with Gasteiger partial charge in [0.25, 0.3) is 5.91 Å². The second kappa shape index (κ2) is 6.13. The molecule has 5 heteroatoms. The molecule has 106 valence electrons. The van der Waals surface area contributed by atoms with Gasteiger partial charge in [-0.2, -0.15) is 0 Å². The molecule has 0 saturated heterocycles. The van der Waals surface area contributed by atoms with Crippen molar-refractivity contribution in [1.82, 2.24) is 0 Å². The molecular weight excluding hydrogens is 280 g/mol. The number of amides is 1. The van der Waals surface area contributed by atoms with Crippen molar-refractivity contribution in [2.24, 2.45) is 0 Å². The van der Waals surface area contributed by atoms with Crippen LogP contribution in [0.15, 0.2) is 24.3 Å². The van der Waals surface area contributed by atoms with E-state index < -0.39 is 11.6 Å². The number of rotatable bonds is 4. The Labute approximate surface area is 120 Å². The van der Waals surface area contributed by atoms with E-state index in [1.54, 1.807) is 0 Å². The summed E-state index contributed by atoms with van der Waals surface area (Å²) in [6.45, 7) is 4.04. The maximum Gasteiger partial charge on any atom is 0.265 e. The van der Waals surface area contributed by atoms with Crippen LogP contribution in [0.5, 0.6) is 0 Å². The fourth-order valence-corrected chi connectivity index (χ4v) is 2.89. The number of thiophene rings is 1. The molecule has 0 radical (unpaired) electrons. The Morgan fingerprint density at radius 1 is 1.30 bits per heavy atom. The molecule has 1 aromatic heterocycles. The Morgan fingerprint density at radius 2 is 2.05 bits per heavy atom. The zero-order chi connectivity index (χ0) is 14.7. The molecule has 1 N–H and O–H groups in total. The molecule has 1 aromatic carbocycles. The highest BCUT2D eigenvalue weighted by atomic mass is 32.1. The molecule has 0 unspecified atom stereocenters. The third-order valence-electron chi connectivity index (χ3n) is 2.94. The minimum absolute atomic E-state index is 0.0144. The first-order valence-corrected chi connectivity index (χ1v) is 7.18. The van der Waals surface area contributed by atoms with Crippen LogP contribution in [0.4, 0.5) is 14.5 Å². The standard InChI is InChI=1S/C15H15F2NOS/c1-3-4-10-7-14(20-9(10)2)15(19)18-13-6-5-11(16)8-12(13)17/h5-8H,3-4H2,1-2H3,(H,18,19). The fourth-order valence-electron chi connectivity index (χ4n) is 1.92. The predicted octanol–water partition coefficient (Wildman–Crippen LogP) is 4.54. The normalized spacial score (nSPS) is 10.6. The topological polar surface area (TPSA) is 29.1 Å². The largest absolute Gasteiger partial charge is 0.319 e. The zero-order valence-corrected chi connectivity index (χ0v) is 12.1. The van der Waals surface area contributed by atoms with E-state index in [0.717, 1.165) is 35.4 Å². The Balaban J connectivity index is 2.17. The Bertz CT molecular complexity index is 637. The van der Waals surface area contributed by atoms with Crippen molar-refractivity contribution >= 4 is 22.9 Å². The van der Waals surface area contributed by atoms with E-state index in [1.165, 1.54) is 17.4 Å². The summed E-state index contributed by atoms with van der Waals surface area (Å²) in [7, 11) is 0. The maximum absolute atomic E-state index is 13.5. The summed E-state index contributed by atoms with van der Waals surface area (Å²) in [6.07, 6.45) is 1.92. The summed E-state index contributed by atoms with van der Waals surface area (Å²) in [5.74, 6) is -1.82. The summed E-state index contributed by atoms with van der Waals surface area (Å²) in [5, 5.41) is 2.47. The number of benzene rings is 1. The number of hydrogen-bond donors (Lipinski definition) is 1. The number of halogens is 2. The van der Waals surface area contributed by atoms with Gasteiger partial charge >= 0.3 is 0 Å². The maximum atomic E-state index is 13.5. The molecule has 2 nitrogen and oxygen atoms in total. The van der Waals surface area contributed by atoms with Crippen LogP contribution in [0, 0.1) is 18.6 Å². The van der Waals surface area contributed by atoms with Crippen LogP contribution in [0.3, 0.4) is 0 Å². The fraction of sp³-hybridized carbons (Fsp3) is 0.267. The van der Waals surface area contributed by atoms with E-state index in [9.17, 15) is 13.6 Å². The number of carbonyl (C=O) groups is 1. The molecule has 0 aliphatic rings. The van der Waals surface area contributed by atoms with Crippen LogP contribution < -0.4 is 5.32 Å². The van der Waals surface area contributed by atoms with E-state index in [4.69, 9.17) is 0 Å². The highest BCUT2D eigenvalue weighted by molar-refractivity contribution is 7.14. The second-order valence-corrected chi connectivity index (χ2v) is 5.78. The quantitative estimate of drug-likeness (QED) is 0.881. The van der Waals surface area contributed by atoms with Crippen molar-refractivity contribution in [3.05, 3.63) is 51.2 Å². The molecular formula is C15H15F2NOS. The zero-order valence-electron chi connectivity index (χ0n) is 11.3. The SMILES string of the molecule is CCCc1cc(C(=O)Nc2ccc(F)cc2F)sc1C. The molecule has 0 atom stereocenters. The number of aryl methyl sites for hydroxylation is 2. The lowest BCUT2D eigenvalue weighted by molar-refractivity contribution is 0.103. The van der Waals surface area contributed by atoms with Crippen LogP contribution in [-0.2, 0) is 6.42 Å².